The molecule has 0 aromatic heterocycles. The quantitative estimate of drug-likeness (QED) is 0.670. The molecular formula is C18H25P. The van der Waals surface area contributed by atoms with Crippen molar-refractivity contribution < 1.29 is 0 Å². The molecule has 0 heterocycles. The highest BCUT2D eigenvalue weighted by molar-refractivity contribution is 7.27. The predicted molar refractivity (Wildman–Crippen MR) is 85.1 cm³/mol. The van der Waals surface area contributed by atoms with Crippen molar-refractivity contribution in [2.45, 2.75) is 57.8 Å². The standard InChI is InChI=1S/C18H25P/c1-11-3-4-16(17(19)12(11)2)18-8-13-5-14(9-18)7-15(6-13)10-18/h3-4,13-15H,5-10,19H2,1-2H3. The highest BCUT2D eigenvalue weighted by Gasteiger charge is 2.51. The fraction of sp³-hybridized carbons (Fsp3) is 0.667. The number of benzene rings is 1. The van der Waals surface area contributed by atoms with Gasteiger partial charge in [-0.1, -0.05) is 12.1 Å². The first kappa shape index (κ1) is 12.4. The van der Waals surface area contributed by atoms with Crippen LogP contribution in [-0.2, 0) is 5.41 Å². The van der Waals surface area contributed by atoms with Crippen LogP contribution in [0.25, 0.3) is 0 Å². The Hall–Kier alpha value is -0.350. The van der Waals surface area contributed by atoms with Gasteiger partial charge in [0.05, 0.1) is 0 Å². The molecule has 0 nitrogen and oxygen atoms in total. The topological polar surface area (TPSA) is 0 Å². The smallest absolute Gasteiger partial charge is 0.00328 e. The van der Waals surface area contributed by atoms with Gasteiger partial charge in [-0.25, -0.2) is 0 Å². The minimum Gasteiger partial charge on any atom is -0.105 e. The predicted octanol–water partition coefficient (Wildman–Crippen LogP) is 4.27. The van der Waals surface area contributed by atoms with Gasteiger partial charge in [-0.2, -0.15) is 0 Å². The number of aryl methyl sites for hydroxylation is 1. The fourth-order valence-electron chi connectivity index (χ4n) is 5.74. The molecule has 4 aliphatic rings. The van der Waals surface area contributed by atoms with E-state index in [1.54, 1.807) is 5.56 Å². The van der Waals surface area contributed by atoms with E-state index < -0.39 is 0 Å². The summed E-state index contributed by atoms with van der Waals surface area (Å²) in [6.07, 6.45) is 9.04. The Morgan fingerprint density at radius 1 is 0.947 bits per heavy atom. The molecule has 4 aliphatic carbocycles. The van der Waals surface area contributed by atoms with Crippen molar-refractivity contribution in [3.63, 3.8) is 0 Å². The van der Waals surface area contributed by atoms with Gasteiger partial charge in [0.2, 0.25) is 0 Å². The summed E-state index contributed by atoms with van der Waals surface area (Å²) < 4.78 is 0. The molecule has 0 spiro atoms. The molecule has 5 rings (SSSR count). The van der Waals surface area contributed by atoms with E-state index in [1.807, 2.05) is 0 Å². The monoisotopic (exact) mass is 272 g/mol. The third kappa shape index (κ3) is 1.75. The van der Waals surface area contributed by atoms with Crippen molar-refractivity contribution in [1.29, 1.82) is 0 Å². The second kappa shape index (κ2) is 4.08. The molecule has 0 amide bonds. The molecule has 1 heteroatoms. The Balaban J connectivity index is 1.82. The van der Waals surface area contributed by atoms with Gasteiger partial charge in [0.25, 0.3) is 0 Å². The largest absolute Gasteiger partial charge is 0.105 e. The van der Waals surface area contributed by atoms with Crippen LogP contribution in [0.1, 0.15) is 55.2 Å². The average Bonchev–Trinajstić information content (AvgIpc) is 2.34. The summed E-state index contributed by atoms with van der Waals surface area (Å²) >= 11 is 0. The molecule has 19 heavy (non-hydrogen) atoms. The SMILES string of the molecule is Cc1ccc(C23CC4CC(CC(C4)C2)C3)c(P)c1C. The van der Waals surface area contributed by atoms with E-state index in [2.05, 4.69) is 35.2 Å². The van der Waals surface area contributed by atoms with Crippen LogP contribution in [0.3, 0.4) is 0 Å². The Morgan fingerprint density at radius 2 is 1.47 bits per heavy atom. The van der Waals surface area contributed by atoms with Crippen LogP contribution in [0.2, 0.25) is 0 Å². The molecule has 0 saturated heterocycles. The van der Waals surface area contributed by atoms with Crippen molar-refractivity contribution in [3.05, 3.63) is 28.8 Å². The zero-order valence-electron chi connectivity index (χ0n) is 12.2. The van der Waals surface area contributed by atoms with Crippen LogP contribution in [-0.4, -0.2) is 0 Å². The van der Waals surface area contributed by atoms with Crippen LogP contribution in [0.5, 0.6) is 0 Å². The molecule has 4 saturated carbocycles. The number of rotatable bonds is 1. The van der Waals surface area contributed by atoms with Crippen LogP contribution in [0.15, 0.2) is 12.1 Å². The molecule has 102 valence electrons. The van der Waals surface area contributed by atoms with Gasteiger partial charge in [0.15, 0.2) is 0 Å². The molecule has 0 radical (unpaired) electrons. The maximum absolute atomic E-state index is 3.06. The molecule has 4 fully saturated rings. The molecule has 1 aromatic rings. The molecule has 1 atom stereocenters. The first-order valence-electron chi connectivity index (χ1n) is 7.93. The fourth-order valence-corrected chi connectivity index (χ4v) is 6.37. The molecule has 1 unspecified atom stereocenters. The van der Waals surface area contributed by atoms with E-state index >= 15 is 0 Å². The van der Waals surface area contributed by atoms with E-state index in [-0.39, 0.29) is 0 Å². The van der Waals surface area contributed by atoms with E-state index in [4.69, 9.17) is 0 Å². The number of hydrogen-bond acceptors (Lipinski definition) is 0. The zero-order valence-corrected chi connectivity index (χ0v) is 13.4. The van der Waals surface area contributed by atoms with Crippen molar-refractivity contribution in [1.82, 2.24) is 0 Å². The maximum atomic E-state index is 3.06. The van der Waals surface area contributed by atoms with E-state index in [0.29, 0.717) is 5.41 Å². The average molecular weight is 272 g/mol. The normalized spacial score (nSPS) is 39.8. The minimum atomic E-state index is 0.546. The lowest BCUT2D eigenvalue weighted by Gasteiger charge is -2.57. The summed E-state index contributed by atoms with van der Waals surface area (Å²) in [6.45, 7) is 4.54. The summed E-state index contributed by atoms with van der Waals surface area (Å²) in [6, 6.07) is 4.81. The van der Waals surface area contributed by atoms with Gasteiger partial charge < -0.3 is 0 Å². The summed E-state index contributed by atoms with van der Waals surface area (Å²) in [5, 5.41) is 1.52. The highest BCUT2D eigenvalue weighted by Crippen LogP contribution is 2.60. The van der Waals surface area contributed by atoms with Gasteiger partial charge in [-0.3, -0.25) is 0 Å². The second-order valence-electron chi connectivity index (χ2n) is 7.67. The first-order chi connectivity index (χ1) is 9.07. The van der Waals surface area contributed by atoms with Gasteiger partial charge >= 0.3 is 0 Å². The summed E-state index contributed by atoms with van der Waals surface area (Å²) in [7, 11) is 3.06. The molecule has 1 aromatic carbocycles. The van der Waals surface area contributed by atoms with E-state index in [0.717, 1.165) is 17.8 Å². The molecular weight excluding hydrogens is 247 g/mol. The Labute approximate surface area is 119 Å². The van der Waals surface area contributed by atoms with Gasteiger partial charge in [-0.05, 0) is 97.5 Å². The van der Waals surface area contributed by atoms with Crippen LogP contribution >= 0.6 is 9.24 Å². The van der Waals surface area contributed by atoms with E-state index in [9.17, 15) is 0 Å². The lowest BCUT2D eigenvalue weighted by molar-refractivity contribution is -0.00471. The van der Waals surface area contributed by atoms with Gasteiger partial charge in [0.1, 0.15) is 0 Å². The third-order valence-electron chi connectivity index (χ3n) is 6.40. The Morgan fingerprint density at radius 3 is 2.00 bits per heavy atom. The van der Waals surface area contributed by atoms with Crippen molar-refractivity contribution in [2.24, 2.45) is 17.8 Å². The van der Waals surface area contributed by atoms with Crippen LogP contribution in [0.4, 0.5) is 0 Å². The van der Waals surface area contributed by atoms with Crippen LogP contribution < -0.4 is 5.30 Å². The highest BCUT2D eigenvalue weighted by atomic mass is 31.0. The third-order valence-corrected chi connectivity index (χ3v) is 7.14. The second-order valence-corrected chi connectivity index (χ2v) is 8.24. The van der Waals surface area contributed by atoms with Gasteiger partial charge in [0, 0.05) is 0 Å². The minimum absolute atomic E-state index is 0.546. The number of hydrogen-bond donors (Lipinski definition) is 0. The Kier molecular flexibility index (Phi) is 2.66. The van der Waals surface area contributed by atoms with Crippen molar-refractivity contribution in [2.75, 3.05) is 0 Å². The Bertz CT molecular complexity index is 493. The zero-order chi connectivity index (χ0) is 13.2. The van der Waals surface area contributed by atoms with Crippen LogP contribution in [0, 0.1) is 31.6 Å². The molecule has 0 aliphatic heterocycles. The lowest BCUT2D eigenvalue weighted by atomic mass is 9.48. The van der Waals surface area contributed by atoms with Crippen molar-refractivity contribution >= 4 is 14.5 Å². The lowest BCUT2D eigenvalue weighted by Crippen LogP contribution is -2.49. The molecule has 0 N–H and O–H groups in total. The van der Waals surface area contributed by atoms with E-state index in [1.165, 1.54) is 55.0 Å². The summed E-state index contributed by atoms with van der Waals surface area (Å²) in [5.74, 6) is 3.12. The molecule has 4 bridgehead atoms. The summed E-state index contributed by atoms with van der Waals surface area (Å²) in [5.41, 5.74) is 5.17. The summed E-state index contributed by atoms with van der Waals surface area (Å²) in [4.78, 5) is 0. The maximum Gasteiger partial charge on any atom is -0.00328 e. The van der Waals surface area contributed by atoms with Crippen molar-refractivity contribution in [3.8, 4) is 0 Å². The first-order valence-corrected chi connectivity index (χ1v) is 8.51. The van der Waals surface area contributed by atoms with Gasteiger partial charge in [-0.15, -0.1) is 9.24 Å².